The molecule has 9 heteroatoms. The van der Waals surface area contributed by atoms with Crippen molar-refractivity contribution in [3.63, 3.8) is 0 Å². The summed E-state index contributed by atoms with van der Waals surface area (Å²) in [5.41, 5.74) is 2.28. The molecule has 4 heterocycles. The lowest BCUT2D eigenvalue weighted by atomic mass is 10.2. The van der Waals surface area contributed by atoms with Crippen LogP contribution in [0.5, 0.6) is 5.88 Å². The summed E-state index contributed by atoms with van der Waals surface area (Å²) in [6.07, 6.45) is 3.21. The number of benzene rings is 1. The van der Waals surface area contributed by atoms with Crippen molar-refractivity contribution in [2.45, 2.75) is 17.9 Å². The number of ether oxygens (including phenoxy) is 1. The van der Waals surface area contributed by atoms with Gasteiger partial charge in [0.15, 0.2) is 5.65 Å². The molecule has 1 aliphatic rings. The van der Waals surface area contributed by atoms with Gasteiger partial charge in [-0.25, -0.2) is 22.4 Å². The van der Waals surface area contributed by atoms with E-state index in [0.717, 1.165) is 18.7 Å². The number of rotatable bonds is 5. The molecule has 31 heavy (non-hydrogen) atoms. The molecule has 7 nitrogen and oxygen atoms in total. The second-order valence-corrected chi connectivity index (χ2v) is 9.62. The Labute approximate surface area is 184 Å². The molecule has 0 atom stereocenters. The van der Waals surface area contributed by atoms with Crippen LogP contribution in [-0.4, -0.2) is 41.6 Å². The lowest BCUT2D eigenvalue weighted by Gasteiger charge is -2.27. The number of nitrogens with zero attached hydrogens (tertiary/aromatic N) is 3. The minimum atomic E-state index is -3.93. The highest BCUT2D eigenvalue weighted by molar-refractivity contribution is 7.90. The minimum Gasteiger partial charge on any atom is -0.472 e. The number of halogens is 1. The smallest absolute Gasteiger partial charge is 0.269 e. The summed E-state index contributed by atoms with van der Waals surface area (Å²) < 4.78 is 34.2. The summed E-state index contributed by atoms with van der Waals surface area (Å²) in [4.78, 5) is 8.86. The highest BCUT2D eigenvalue weighted by atomic mass is 35.5. The highest BCUT2D eigenvalue weighted by Crippen LogP contribution is 2.34. The predicted octanol–water partition coefficient (Wildman–Crippen LogP) is 3.65. The van der Waals surface area contributed by atoms with Gasteiger partial charge in [-0.3, -0.25) is 0 Å². The number of aryl methyl sites for hydroxylation is 1. The van der Waals surface area contributed by atoms with E-state index in [9.17, 15) is 8.42 Å². The Hall–Kier alpha value is -2.94. The van der Waals surface area contributed by atoms with Crippen LogP contribution in [0.15, 0.2) is 65.8 Å². The van der Waals surface area contributed by atoms with E-state index in [1.54, 1.807) is 54.7 Å². The maximum atomic E-state index is 13.6. The number of hydrogen-bond donors (Lipinski definition) is 1. The summed E-state index contributed by atoms with van der Waals surface area (Å²) in [6.45, 7) is 3.48. The molecule has 0 aliphatic carbocycles. The molecule has 3 aromatic heterocycles. The fourth-order valence-corrected chi connectivity index (χ4v) is 5.10. The first kappa shape index (κ1) is 20.0. The van der Waals surface area contributed by atoms with Crippen LogP contribution in [0, 0.1) is 6.92 Å². The van der Waals surface area contributed by atoms with Crippen molar-refractivity contribution >= 4 is 32.7 Å². The van der Waals surface area contributed by atoms with Crippen molar-refractivity contribution in [1.29, 1.82) is 0 Å². The number of pyridine rings is 2. The number of nitrogens with one attached hydrogen (secondary N) is 1. The quantitative estimate of drug-likeness (QED) is 0.495. The Bertz CT molecular complexity index is 1360. The van der Waals surface area contributed by atoms with Crippen molar-refractivity contribution < 1.29 is 13.2 Å². The third kappa shape index (κ3) is 3.56. The summed E-state index contributed by atoms with van der Waals surface area (Å²) in [5.74, 6) is 0.496. The maximum absolute atomic E-state index is 13.6. The molecule has 4 aromatic rings. The zero-order chi connectivity index (χ0) is 21.6. The molecule has 1 N–H and O–H groups in total. The number of fused-ring (bicyclic) bond motifs is 1. The van der Waals surface area contributed by atoms with Gasteiger partial charge in [0, 0.05) is 42.5 Å². The first-order valence-corrected chi connectivity index (χ1v) is 11.6. The largest absolute Gasteiger partial charge is 0.472 e. The molecular weight excluding hydrogens is 436 g/mol. The molecule has 1 aliphatic heterocycles. The Kier molecular flexibility index (Phi) is 4.92. The van der Waals surface area contributed by atoms with E-state index in [2.05, 4.69) is 15.3 Å². The molecular formula is C22H19ClN4O3S. The van der Waals surface area contributed by atoms with E-state index in [4.69, 9.17) is 16.3 Å². The van der Waals surface area contributed by atoms with Crippen LogP contribution >= 0.6 is 11.6 Å². The lowest BCUT2D eigenvalue weighted by Crippen LogP contribution is -2.50. The van der Waals surface area contributed by atoms with Crippen LogP contribution in [0.3, 0.4) is 0 Å². The monoisotopic (exact) mass is 454 g/mol. The van der Waals surface area contributed by atoms with E-state index in [1.807, 2.05) is 6.92 Å². The van der Waals surface area contributed by atoms with Crippen molar-refractivity contribution in [2.75, 3.05) is 13.1 Å². The Morgan fingerprint density at radius 3 is 2.52 bits per heavy atom. The van der Waals surface area contributed by atoms with E-state index >= 15 is 0 Å². The molecule has 1 aromatic carbocycles. The topological polar surface area (TPSA) is 86.1 Å². The Morgan fingerprint density at radius 2 is 1.87 bits per heavy atom. The molecule has 5 rings (SSSR count). The summed E-state index contributed by atoms with van der Waals surface area (Å²) in [6, 6.07) is 13.6. The van der Waals surface area contributed by atoms with Crippen molar-refractivity contribution in [1.82, 2.24) is 19.3 Å². The fraction of sp³-hybridized carbons (Fsp3) is 0.182. The molecule has 0 saturated carbocycles. The fourth-order valence-electron chi connectivity index (χ4n) is 3.42. The van der Waals surface area contributed by atoms with Crippen LogP contribution in [-0.2, 0) is 10.0 Å². The van der Waals surface area contributed by atoms with Crippen LogP contribution in [0.1, 0.15) is 5.56 Å². The van der Waals surface area contributed by atoms with Gasteiger partial charge in [-0.1, -0.05) is 29.3 Å². The molecule has 0 radical (unpaired) electrons. The van der Waals surface area contributed by atoms with Gasteiger partial charge < -0.3 is 10.1 Å². The third-order valence-corrected chi connectivity index (χ3v) is 7.28. The minimum absolute atomic E-state index is 0.106. The predicted molar refractivity (Wildman–Crippen MR) is 119 cm³/mol. The van der Waals surface area contributed by atoms with E-state index in [1.165, 1.54) is 10.2 Å². The molecule has 0 amide bonds. The van der Waals surface area contributed by atoms with Gasteiger partial charge in [-0.05, 0) is 37.3 Å². The average molecular weight is 455 g/mol. The SMILES string of the molecule is Cc1ccc(S(=O)(=O)n2c(-c3ccc(OC4CNC4)nc3)cc3c(Cl)ccnc32)cc1. The van der Waals surface area contributed by atoms with Crippen molar-refractivity contribution in [2.24, 2.45) is 0 Å². The van der Waals surface area contributed by atoms with Gasteiger partial charge in [0.2, 0.25) is 5.88 Å². The lowest BCUT2D eigenvalue weighted by molar-refractivity contribution is 0.136. The van der Waals surface area contributed by atoms with Crippen LogP contribution in [0.25, 0.3) is 22.3 Å². The second kappa shape index (κ2) is 7.64. The number of aromatic nitrogens is 3. The molecule has 1 fully saturated rings. The maximum Gasteiger partial charge on any atom is 0.269 e. The van der Waals surface area contributed by atoms with E-state index in [0.29, 0.717) is 27.5 Å². The molecule has 158 valence electrons. The summed E-state index contributed by atoms with van der Waals surface area (Å²) >= 11 is 6.36. The van der Waals surface area contributed by atoms with Gasteiger partial charge in [-0.15, -0.1) is 0 Å². The van der Waals surface area contributed by atoms with E-state index < -0.39 is 10.0 Å². The molecule has 0 unspecified atom stereocenters. The summed E-state index contributed by atoms with van der Waals surface area (Å²) in [7, 11) is -3.93. The first-order chi connectivity index (χ1) is 14.9. The van der Waals surface area contributed by atoms with Crippen molar-refractivity contribution in [3.05, 3.63) is 71.5 Å². The van der Waals surface area contributed by atoms with Gasteiger partial charge in [0.1, 0.15) is 6.10 Å². The zero-order valence-corrected chi connectivity index (χ0v) is 18.2. The van der Waals surface area contributed by atoms with E-state index in [-0.39, 0.29) is 16.6 Å². The zero-order valence-electron chi connectivity index (χ0n) is 16.6. The standard InChI is InChI=1S/C22H19ClN4O3S/c1-14-2-5-17(6-3-14)31(28,29)27-20(10-18-19(23)8-9-25-22(18)27)15-4-7-21(26-11-15)30-16-12-24-13-16/h2-11,16,24H,12-13H2,1H3. The Balaban J connectivity index is 1.66. The number of hydrogen-bond acceptors (Lipinski definition) is 6. The normalized spacial score (nSPS) is 14.5. The van der Waals surface area contributed by atoms with Crippen LogP contribution in [0.2, 0.25) is 5.02 Å². The molecule has 1 saturated heterocycles. The van der Waals surface area contributed by atoms with Crippen LogP contribution < -0.4 is 10.1 Å². The van der Waals surface area contributed by atoms with Gasteiger partial charge in [0.05, 0.1) is 15.6 Å². The third-order valence-electron chi connectivity index (χ3n) is 5.23. The highest BCUT2D eigenvalue weighted by Gasteiger charge is 2.26. The second-order valence-electron chi connectivity index (χ2n) is 7.43. The van der Waals surface area contributed by atoms with Gasteiger partial charge in [-0.2, -0.15) is 0 Å². The summed E-state index contributed by atoms with van der Waals surface area (Å²) in [5, 5.41) is 4.12. The molecule has 0 bridgehead atoms. The first-order valence-electron chi connectivity index (χ1n) is 9.75. The van der Waals surface area contributed by atoms with Gasteiger partial charge >= 0.3 is 0 Å². The van der Waals surface area contributed by atoms with Crippen LogP contribution in [0.4, 0.5) is 0 Å². The molecule has 0 spiro atoms. The average Bonchev–Trinajstić information content (AvgIpc) is 3.13. The Morgan fingerprint density at radius 1 is 1.10 bits per heavy atom. The van der Waals surface area contributed by atoms with Gasteiger partial charge in [0.25, 0.3) is 10.0 Å². The van der Waals surface area contributed by atoms with Crippen molar-refractivity contribution in [3.8, 4) is 17.1 Å².